The van der Waals surface area contributed by atoms with Gasteiger partial charge in [0.15, 0.2) is 6.10 Å². The molecule has 1 atom stereocenters. The van der Waals surface area contributed by atoms with Gasteiger partial charge in [0.05, 0.1) is 0 Å². The number of carbonyl (C=O) groups is 3. The zero-order chi connectivity index (χ0) is 35.9. The van der Waals surface area contributed by atoms with Crippen LogP contribution in [0.1, 0.15) is 201 Å². The van der Waals surface area contributed by atoms with Gasteiger partial charge in [-0.05, 0) is 64.2 Å². The molecule has 0 N–H and O–H groups in total. The molecule has 49 heavy (non-hydrogen) atoms. The molecule has 6 heteroatoms. The van der Waals surface area contributed by atoms with E-state index < -0.39 is 6.10 Å². The van der Waals surface area contributed by atoms with E-state index in [2.05, 4.69) is 57.2 Å². The van der Waals surface area contributed by atoms with Crippen molar-refractivity contribution in [1.29, 1.82) is 0 Å². The van der Waals surface area contributed by atoms with Crippen LogP contribution in [0.15, 0.2) is 36.5 Å². The standard InChI is InChI=1S/C43H76O6/c1-4-7-10-13-16-18-20-21-22-24-25-27-30-33-36-42(45)48-39-40(38-47-41(44)35-32-29-15-12-9-6-3)49-43(46)37-34-31-28-26-23-19-17-14-11-8-5-2/h13-14,16-17,20-21,40H,4-12,15,18-19,22-39H2,1-3H3/b16-13-,17-14-,21-20-. The summed E-state index contributed by atoms with van der Waals surface area (Å²) in [7, 11) is 0. The van der Waals surface area contributed by atoms with E-state index in [0.29, 0.717) is 19.3 Å². The molecule has 0 aromatic rings. The Labute approximate surface area is 302 Å². The maximum absolute atomic E-state index is 12.6. The van der Waals surface area contributed by atoms with Gasteiger partial charge in [0.25, 0.3) is 0 Å². The Morgan fingerprint density at radius 1 is 0.408 bits per heavy atom. The van der Waals surface area contributed by atoms with Crippen molar-refractivity contribution in [1.82, 2.24) is 0 Å². The molecule has 6 nitrogen and oxygen atoms in total. The van der Waals surface area contributed by atoms with Gasteiger partial charge in [-0.1, -0.05) is 154 Å². The fourth-order valence-corrected chi connectivity index (χ4v) is 5.44. The van der Waals surface area contributed by atoms with Crippen LogP contribution in [0, 0.1) is 0 Å². The van der Waals surface area contributed by atoms with E-state index in [0.717, 1.165) is 89.9 Å². The molecule has 0 aliphatic rings. The Morgan fingerprint density at radius 3 is 1.20 bits per heavy atom. The third-order valence-corrected chi connectivity index (χ3v) is 8.62. The van der Waals surface area contributed by atoms with E-state index in [9.17, 15) is 14.4 Å². The lowest BCUT2D eigenvalue weighted by Gasteiger charge is -2.18. The smallest absolute Gasteiger partial charge is 0.306 e. The van der Waals surface area contributed by atoms with Crippen LogP contribution in [0.25, 0.3) is 0 Å². The summed E-state index contributed by atoms with van der Waals surface area (Å²) in [5, 5.41) is 0. The van der Waals surface area contributed by atoms with E-state index in [1.165, 1.54) is 70.6 Å². The lowest BCUT2D eigenvalue weighted by atomic mass is 10.1. The number of hydrogen-bond acceptors (Lipinski definition) is 6. The third-order valence-electron chi connectivity index (χ3n) is 8.62. The van der Waals surface area contributed by atoms with Gasteiger partial charge in [-0.25, -0.2) is 0 Å². The summed E-state index contributed by atoms with van der Waals surface area (Å²) in [5.74, 6) is -0.919. The van der Waals surface area contributed by atoms with E-state index in [4.69, 9.17) is 14.2 Å². The maximum Gasteiger partial charge on any atom is 0.306 e. The molecule has 0 rings (SSSR count). The molecular formula is C43H76O6. The number of unbranched alkanes of at least 4 members (excludes halogenated alkanes) is 19. The summed E-state index contributed by atoms with van der Waals surface area (Å²) in [6.07, 6.45) is 41.4. The quantitative estimate of drug-likeness (QED) is 0.0282. The van der Waals surface area contributed by atoms with E-state index in [1.807, 2.05) is 0 Å². The molecule has 0 saturated carbocycles. The number of hydrogen-bond donors (Lipinski definition) is 0. The molecule has 0 aromatic heterocycles. The largest absolute Gasteiger partial charge is 0.462 e. The Bertz CT molecular complexity index is 845. The van der Waals surface area contributed by atoms with E-state index >= 15 is 0 Å². The molecule has 0 spiro atoms. The van der Waals surface area contributed by atoms with Crippen LogP contribution in [-0.4, -0.2) is 37.2 Å². The van der Waals surface area contributed by atoms with Crippen molar-refractivity contribution in [3.8, 4) is 0 Å². The molecule has 0 saturated heterocycles. The van der Waals surface area contributed by atoms with Gasteiger partial charge in [-0.15, -0.1) is 0 Å². The third kappa shape index (κ3) is 36.7. The Hall–Kier alpha value is -2.37. The number of carbonyl (C=O) groups excluding carboxylic acids is 3. The Morgan fingerprint density at radius 2 is 0.755 bits per heavy atom. The van der Waals surface area contributed by atoms with Crippen molar-refractivity contribution in [3.63, 3.8) is 0 Å². The number of allylic oxidation sites excluding steroid dienone is 6. The summed E-state index contributed by atoms with van der Waals surface area (Å²) >= 11 is 0. The lowest BCUT2D eigenvalue weighted by molar-refractivity contribution is -0.167. The zero-order valence-corrected chi connectivity index (χ0v) is 32.2. The average molecular weight is 689 g/mol. The maximum atomic E-state index is 12.6. The van der Waals surface area contributed by atoms with Gasteiger partial charge in [0.1, 0.15) is 13.2 Å². The normalized spacial score (nSPS) is 12.3. The highest BCUT2D eigenvalue weighted by Gasteiger charge is 2.19. The molecule has 0 aromatic carbocycles. The highest BCUT2D eigenvalue weighted by molar-refractivity contribution is 5.71. The molecular weight excluding hydrogens is 612 g/mol. The van der Waals surface area contributed by atoms with Gasteiger partial charge in [-0.2, -0.15) is 0 Å². The second kappa shape index (κ2) is 38.4. The molecule has 0 radical (unpaired) electrons. The molecule has 0 amide bonds. The van der Waals surface area contributed by atoms with Crippen molar-refractivity contribution >= 4 is 17.9 Å². The lowest BCUT2D eigenvalue weighted by Crippen LogP contribution is -2.30. The van der Waals surface area contributed by atoms with Crippen LogP contribution in [0.4, 0.5) is 0 Å². The first-order valence-corrected chi connectivity index (χ1v) is 20.5. The average Bonchev–Trinajstić information content (AvgIpc) is 3.10. The summed E-state index contributed by atoms with van der Waals surface area (Å²) < 4.78 is 16.5. The summed E-state index contributed by atoms with van der Waals surface area (Å²) in [4.78, 5) is 37.4. The first-order valence-electron chi connectivity index (χ1n) is 20.5. The Kier molecular flexibility index (Phi) is 36.6. The van der Waals surface area contributed by atoms with Crippen LogP contribution in [0.5, 0.6) is 0 Å². The fourth-order valence-electron chi connectivity index (χ4n) is 5.44. The van der Waals surface area contributed by atoms with Crippen molar-refractivity contribution in [3.05, 3.63) is 36.5 Å². The minimum atomic E-state index is -0.774. The Balaban J connectivity index is 4.34. The fraction of sp³-hybridized carbons (Fsp3) is 0.791. The SMILES string of the molecule is CCCC/C=C\C/C=C\CCCCCCCC(=O)OCC(COC(=O)CCCCCCCC)OC(=O)CCCCCCC/C=C\CCCC. The van der Waals surface area contributed by atoms with Crippen LogP contribution in [0.3, 0.4) is 0 Å². The van der Waals surface area contributed by atoms with Gasteiger partial charge >= 0.3 is 17.9 Å². The van der Waals surface area contributed by atoms with E-state index in [1.54, 1.807) is 0 Å². The highest BCUT2D eigenvalue weighted by Crippen LogP contribution is 2.12. The predicted molar refractivity (Wildman–Crippen MR) is 206 cm³/mol. The first-order chi connectivity index (χ1) is 24.0. The number of esters is 3. The van der Waals surface area contributed by atoms with Crippen molar-refractivity contribution in [2.75, 3.05) is 13.2 Å². The monoisotopic (exact) mass is 689 g/mol. The zero-order valence-electron chi connectivity index (χ0n) is 32.2. The minimum Gasteiger partial charge on any atom is -0.462 e. The molecule has 0 aliphatic carbocycles. The van der Waals surface area contributed by atoms with Crippen LogP contribution >= 0.6 is 0 Å². The molecule has 0 aliphatic heterocycles. The van der Waals surface area contributed by atoms with Gasteiger partial charge in [0.2, 0.25) is 0 Å². The van der Waals surface area contributed by atoms with Crippen LogP contribution in [-0.2, 0) is 28.6 Å². The second-order valence-electron chi connectivity index (χ2n) is 13.5. The van der Waals surface area contributed by atoms with Crippen LogP contribution in [0.2, 0.25) is 0 Å². The summed E-state index contributed by atoms with van der Waals surface area (Å²) in [5.41, 5.74) is 0. The van der Waals surface area contributed by atoms with Crippen molar-refractivity contribution in [2.24, 2.45) is 0 Å². The number of rotatable bonds is 36. The first kappa shape index (κ1) is 46.6. The van der Waals surface area contributed by atoms with Crippen LogP contribution < -0.4 is 0 Å². The summed E-state index contributed by atoms with van der Waals surface area (Å²) in [6.45, 7) is 6.45. The van der Waals surface area contributed by atoms with Crippen molar-refractivity contribution < 1.29 is 28.6 Å². The van der Waals surface area contributed by atoms with Gasteiger partial charge in [0, 0.05) is 19.3 Å². The molecule has 0 bridgehead atoms. The van der Waals surface area contributed by atoms with Gasteiger partial charge in [-0.3, -0.25) is 14.4 Å². The second-order valence-corrected chi connectivity index (χ2v) is 13.5. The molecule has 0 heterocycles. The minimum absolute atomic E-state index is 0.0803. The van der Waals surface area contributed by atoms with E-state index in [-0.39, 0.29) is 31.1 Å². The van der Waals surface area contributed by atoms with Gasteiger partial charge < -0.3 is 14.2 Å². The summed E-state index contributed by atoms with van der Waals surface area (Å²) in [6, 6.07) is 0. The molecule has 284 valence electrons. The predicted octanol–water partition coefficient (Wildman–Crippen LogP) is 12.6. The molecule has 1 unspecified atom stereocenters. The molecule has 0 fully saturated rings. The number of ether oxygens (including phenoxy) is 3. The highest BCUT2D eigenvalue weighted by atomic mass is 16.6. The topological polar surface area (TPSA) is 78.9 Å². The van der Waals surface area contributed by atoms with Crippen molar-refractivity contribution in [2.45, 2.75) is 207 Å².